The molecule has 1 aromatic heterocycles. The monoisotopic (exact) mass is 304 g/mol. The van der Waals surface area contributed by atoms with Crippen LogP contribution in [0.5, 0.6) is 0 Å². The molecular formula is C15H13ClN2O3. The Morgan fingerprint density at radius 3 is 2.71 bits per heavy atom. The Morgan fingerprint density at radius 2 is 2.10 bits per heavy atom. The topological polar surface area (TPSA) is 79.3 Å². The average Bonchev–Trinajstić information content (AvgIpc) is 2.43. The molecular weight excluding hydrogens is 292 g/mol. The van der Waals surface area contributed by atoms with Gasteiger partial charge >= 0.3 is 5.97 Å². The van der Waals surface area contributed by atoms with Crippen molar-refractivity contribution in [3.05, 3.63) is 58.4 Å². The van der Waals surface area contributed by atoms with Crippen molar-refractivity contribution in [3.8, 4) is 0 Å². The van der Waals surface area contributed by atoms with Crippen LogP contribution in [-0.4, -0.2) is 22.0 Å². The highest BCUT2D eigenvalue weighted by Crippen LogP contribution is 2.23. The molecule has 0 unspecified atom stereocenters. The number of carboxylic acids is 1. The number of aromatic carboxylic acids is 1. The summed E-state index contributed by atoms with van der Waals surface area (Å²) in [6, 6.07) is 7.83. The zero-order valence-corrected chi connectivity index (χ0v) is 12.0. The maximum Gasteiger partial charge on any atom is 0.335 e. The van der Waals surface area contributed by atoms with E-state index in [2.05, 4.69) is 10.3 Å². The molecule has 21 heavy (non-hydrogen) atoms. The predicted octanol–water partition coefficient (Wildman–Crippen LogP) is 2.92. The Hall–Kier alpha value is -2.40. The number of amides is 1. The Balaban J connectivity index is 2.10. The standard InChI is InChI=1S/C15H13ClN2O3/c1-9-3-2-6-17-13(9)8-14(19)18-12-5-4-10(15(20)21)7-11(12)16/h2-7H,8H2,1H3,(H,18,19)(H,20,21). The van der Waals surface area contributed by atoms with E-state index in [1.165, 1.54) is 18.2 Å². The van der Waals surface area contributed by atoms with Gasteiger partial charge < -0.3 is 10.4 Å². The summed E-state index contributed by atoms with van der Waals surface area (Å²) in [7, 11) is 0. The smallest absolute Gasteiger partial charge is 0.335 e. The number of nitrogens with one attached hydrogen (secondary N) is 1. The number of nitrogens with zero attached hydrogens (tertiary/aromatic N) is 1. The molecule has 2 aromatic rings. The summed E-state index contributed by atoms with van der Waals surface area (Å²) in [5, 5.41) is 11.7. The molecule has 0 spiro atoms. The summed E-state index contributed by atoms with van der Waals surface area (Å²) in [4.78, 5) is 26.9. The van der Waals surface area contributed by atoms with Crippen LogP contribution in [0.15, 0.2) is 36.5 Å². The van der Waals surface area contributed by atoms with Crippen molar-refractivity contribution in [2.24, 2.45) is 0 Å². The number of carboxylic acid groups (broad SMARTS) is 1. The van der Waals surface area contributed by atoms with Crippen LogP contribution < -0.4 is 5.32 Å². The average molecular weight is 305 g/mol. The second-order valence-corrected chi connectivity index (χ2v) is 4.90. The summed E-state index contributed by atoms with van der Waals surface area (Å²) in [5.74, 6) is -1.33. The van der Waals surface area contributed by atoms with E-state index in [1.54, 1.807) is 12.3 Å². The van der Waals surface area contributed by atoms with Crippen molar-refractivity contribution < 1.29 is 14.7 Å². The minimum absolute atomic E-state index is 0.0681. The Labute approximate surface area is 126 Å². The van der Waals surface area contributed by atoms with Crippen molar-refractivity contribution >= 4 is 29.2 Å². The molecule has 0 fully saturated rings. The maximum atomic E-state index is 12.0. The van der Waals surface area contributed by atoms with Gasteiger partial charge in [-0.2, -0.15) is 0 Å². The fourth-order valence-corrected chi connectivity index (χ4v) is 2.03. The molecule has 1 heterocycles. The number of rotatable bonds is 4. The number of hydrogen-bond acceptors (Lipinski definition) is 3. The largest absolute Gasteiger partial charge is 0.478 e. The summed E-state index contributed by atoms with van der Waals surface area (Å²) >= 11 is 5.96. The Kier molecular flexibility index (Phi) is 4.55. The van der Waals surface area contributed by atoms with E-state index < -0.39 is 5.97 Å². The highest BCUT2D eigenvalue weighted by Gasteiger charge is 2.11. The van der Waals surface area contributed by atoms with Crippen molar-refractivity contribution in [2.75, 3.05) is 5.32 Å². The third-order valence-corrected chi connectivity index (χ3v) is 3.25. The molecule has 6 heteroatoms. The van der Waals surface area contributed by atoms with E-state index in [9.17, 15) is 9.59 Å². The highest BCUT2D eigenvalue weighted by atomic mass is 35.5. The van der Waals surface area contributed by atoms with Crippen LogP contribution in [0.2, 0.25) is 5.02 Å². The van der Waals surface area contributed by atoms with Gasteiger partial charge in [0.05, 0.1) is 28.4 Å². The zero-order chi connectivity index (χ0) is 15.4. The lowest BCUT2D eigenvalue weighted by atomic mass is 10.1. The molecule has 0 aliphatic carbocycles. The van der Waals surface area contributed by atoms with E-state index in [-0.39, 0.29) is 22.9 Å². The molecule has 5 nitrogen and oxygen atoms in total. The molecule has 1 aromatic carbocycles. The molecule has 108 valence electrons. The van der Waals surface area contributed by atoms with Gasteiger partial charge in [-0.1, -0.05) is 17.7 Å². The zero-order valence-electron chi connectivity index (χ0n) is 11.3. The van der Waals surface area contributed by atoms with E-state index in [0.717, 1.165) is 5.56 Å². The van der Waals surface area contributed by atoms with E-state index >= 15 is 0 Å². The number of aromatic nitrogens is 1. The van der Waals surface area contributed by atoms with Crippen LogP contribution in [0.1, 0.15) is 21.6 Å². The first-order valence-corrected chi connectivity index (χ1v) is 6.58. The molecule has 0 bridgehead atoms. The normalized spacial score (nSPS) is 10.2. The number of halogens is 1. The van der Waals surface area contributed by atoms with Crippen LogP contribution in [-0.2, 0) is 11.2 Å². The van der Waals surface area contributed by atoms with E-state index in [4.69, 9.17) is 16.7 Å². The lowest BCUT2D eigenvalue weighted by Gasteiger charge is -2.08. The predicted molar refractivity (Wildman–Crippen MR) is 79.7 cm³/mol. The molecule has 0 saturated carbocycles. The fraction of sp³-hybridized carbons (Fsp3) is 0.133. The van der Waals surface area contributed by atoms with Crippen LogP contribution in [0.25, 0.3) is 0 Å². The van der Waals surface area contributed by atoms with Gasteiger partial charge in [-0.05, 0) is 36.8 Å². The molecule has 0 radical (unpaired) electrons. The Bertz CT molecular complexity index is 701. The molecule has 0 aliphatic rings. The fourth-order valence-electron chi connectivity index (χ4n) is 1.80. The van der Waals surface area contributed by atoms with Crippen LogP contribution in [0, 0.1) is 6.92 Å². The van der Waals surface area contributed by atoms with Crippen molar-refractivity contribution in [2.45, 2.75) is 13.3 Å². The summed E-state index contributed by atoms with van der Waals surface area (Å²) < 4.78 is 0. The number of hydrogen-bond donors (Lipinski definition) is 2. The minimum atomic E-state index is -1.07. The highest BCUT2D eigenvalue weighted by molar-refractivity contribution is 6.34. The van der Waals surface area contributed by atoms with E-state index in [0.29, 0.717) is 11.4 Å². The van der Waals surface area contributed by atoms with Crippen LogP contribution in [0.4, 0.5) is 5.69 Å². The van der Waals surface area contributed by atoms with Crippen LogP contribution >= 0.6 is 11.6 Å². The number of aryl methyl sites for hydroxylation is 1. The van der Waals surface area contributed by atoms with Gasteiger partial charge in [0, 0.05) is 6.20 Å². The van der Waals surface area contributed by atoms with Gasteiger partial charge in [-0.25, -0.2) is 4.79 Å². The SMILES string of the molecule is Cc1cccnc1CC(=O)Nc1ccc(C(=O)O)cc1Cl. The van der Waals surface area contributed by atoms with Crippen molar-refractivity contribution in [1.82, 2.24) is 4.98 Å². The first-order valence-electron chi connectivity index (χ1n) is 6.20. The summed E-state index contributed by atoms with van der Waals surface area (Å²) in [6.07, 6.45) is 1.76. The van der Waals surface area contributed by atoms with Gasteiger partial charge in [0.15, 0.2) is 0 Å². The summed E-state index contributed by atoms with van der Waals surface area (Å²) in [5.41, 5.74) is 2.06. The lowest BCUT2D eigenvalue weighted by molar-refractivity contribution is -0.115. The van der Waals surface area contributed by atoms with Gasteiger partial charge in [0.2, 0.25) is 5.91 Å². The first kappa shape index (κ1) is 15.0. The van der Waals surface area contributed by atoms with Crippen molar-refractivity contribution in [3.63, 3.8) is 0 Å². The number of benzene rings is 1. The second kappa shape index (κ2) is 6.37. The molecule has 0 saturated heterocycles. The number of carbonyl (C=O) groups excluding carboxylic acids is 1. The molecule has 1 amide bonds. The van der Waals surface area contributed by atoms with Crippen molar-refractivity contribution in [1.29, 1.82) is 0 Å². The van der Waals surface area contributed by atoms with E-state index in [1.807, 2.05) is 13.0 Å². The number of carbonyl (C=O) groups is 2. The molecule has 2 N–H and O–H groups in total. The quantitative estimate of drug-likeness (QED) is 0.910. The third-order valence-electron chi connectivity index (χ3n) is 2.94. The third kappa shape index (κ3) is 3.79. The van der Waals surface area contributed by atoms with Gasteiger partial charge in [-0.15, -0.1) is 0 Å². The van der Waals surface area contributed by atoms with Gasteiger partial charge in [-0.3, -0.25) is 9.78 Å². The number of pyridine rings is 1. The number of anilines is 1. The molecule has 0 aliphatic heterocycles. The maximum absolute atomic E-state index is 12.0. The van der Waals surface area contributed by atoms with Gasteiger partial charge in [0.1, 0.15) is 0 Å². The van der Waals surface area contributed by atoms with Gasteiger partial charge in [0.25, 0.3) is 0 Å². The lowest BCUT2D eigenvalue weighted by Crippen LogP contribution is -2.16. The molecule has 2 rings (SSSR count). The minimum Gasteiger partial charge on any atom is -0.478 e. The second-order valence-electron chi connectivity index (χ2n) is 4.49. The molecule has 0 atom stereocenters. The summed E-state index contributed by atoms with van der Waals surface area (Å²) in [6.45, 7) is 1.88. The van der Waals surface area contributed by atoms with Crippen LogP contribution in [0.3, 0.4) is 0 Å². The Morgan fingerprint density at radius 1 is 1.33 bits per heavy atom. The first-order chi connectivity index (χ1) is 9.97.